The van der Waals surface area contributed by atoms with Crippen molar-refractivity contribution in [2.24, 2.45) is 0 Å². The summed E-state index contributed by atoms with van der Waals surface area (Å²) in [6.07, 6.45) is 5.12. The summed E-state index contributed by atoms with van der Waals surface area (Å²) in [5.74, 6) is 1.03. The van der Waals surface area contributed by atoms with E-state index in [2.05, 4.69) is 14.9 Å². The number of nitrogens with zero attached hydrogens (tertiary/aromatic N) is 5. The number of hydrogen-bond donors (Lipinski definition) is 0. The number of hydrogen-bond acceptors (Lipinski definition) is 8. The Labute approximate surface area is 187 Å². The van der Waals surface area contributed by atoms with Crippen LogP contribution in [0.2, 0.25) is 0 Å². The number of anilines is 1. The van der Waals surface area contributed by atoms with Gasteiger partial charge in [0.05, 0.1) is 32.9 Å². The van der Waals surface area contributed by atoms with Gasteiger partial charge < -0.3 is 19.3 Å². The molecule has 2 aliphatic rings. The van der Waals surface area contributed by atoms with Crippen molar-refractivity contribution in [3.8, 4) is 5.75 Å². The van der Waals surface area contributed by atoms with Crippen LogP contribution < -0.4 is 9.64 Å². The third kappa shape index (κ3) is 4.84. The Hall–Kier alpha value is -2.76. The van der Waals surface area contributed by atoms with Crippen molar-refractivity contribution < 1.29 is 22.7 Å². The second-order valence-electron chi connectivity index (χ2n) is 7.61. The maximum atomic E-state index is 13.2. The summed E-state index contributed by atoms with van der Waals surface area (Å²) in [7, 11) is -2.30. The summed E-state index contributed by atoms with van der Waals surface area (Å²) in [5.41, 5.74) is 0.638. The zero-order chi connectivity index (χ0) is 22.6. The lowest BCUT2D eigenvalue weighted by Gasteiger charge is -2.35. The average Bonchev–Trinajstić information content (AvgIpc) is 2.85. The van der Waals surface area contributed by atoms with E-state index in [1.165, 1.54) is 11.4 Å². The van der Waals surface area contributed by atoms with Crippen LogP contribution in [0.25, 0.3) is 0 Å². The molecule has 2 aromatic rings. The van der Waals surface area contributed by atoms with Gasteiger partial charge in [0.25, 0.3) is 0 Å². The third-order valence-electron chi connectivity index (χ3n) is 5.68. The zero-order valence-electron chi connectivity index (χ0n) is 18.0. The van der Waals surface area contributed by atoms with Crippen molar-refractivity contribution in [2.75, 3.05) is 64.5 Å². The van der Waals surface area contributed by atoms with Gasteiger partial charge in [-0.25, -0.2) is 13.4 Å². The summed E-state index contributed by atoms with van der Waals surface area (Å²) in [6, 6.07) is 4.91. The van der Waals surface area contributed by atoms with Gasteiger partial charge in [0.2, 0.25) is 15.9 Å². The van der Waals surface area contributed by atoms with Crippen LogP contribution in [0.3, 0.4) is 0 Å². The van der Waals surface area contributed by atoms with Crippen LogP contribution in [0.15, 0.2) is 41.7 Å². The molecule has 0 spiro atoms. The summed E-state index contributed by atoms with van der Waals surface area (Å²) >= 11 is 0. The minimum Gasteiger partial charge on any atom is -0.495 e. The molecule has 0 unspecified atom stereocenters. The zero-order valence-corrected chi connectivity index (χ0v) is 18.8. The number of rotatable bonds is 6. The minimum atomic E-state index is -3.74. The average molecular weight is 462 g/mol. The highest BCUT2D eigenvalue weighted by Gasteiger charge is 2.30. The molecule has 3 heterocycles. The van der Waals surface area contributed by atoms with Gasteiger partial charge in [-0.1, -0.05) is 6.07 Å². The monoisotopic (exact) mass is 461 g/mol. The van der Waals surface area contributed by atoms with Gasteiger partial charge in [-0.15, -0.1) is 0 Å². The molecule has 1 amide bonds. The second kappa shape index (κ2) is 9.80. The van der Waals surface area contributed by atoms with Gasteiger partial charge in [-0.05, 0) is 17.7 Å². The number of aromatic nitrogens is 2. The predicted octanol–water partition coefficient (Wildman–Crippen LogP) is 0.397. The molecular weight excluding hydrogens is 434 g/mol. The Morgan fingerprint density at radius 3 is 2.50 bits per heavy atom. The minimum absolute atomic E-state index is 0.0383. The Kier molecular flexibility index (Phi) is 6.87. The van der Waals surface area contributed by atoms with Crippen molar-refractivity contribution >= 4 is 21.7 Å². The lowest BCUT2D eigenvalue weighted by Crippen LogP contribution is -2.49. The number of sulfonamides is 1. The first-order valence-electron chi connectivity index (χ1n) is 10.5. The van der Waals surface area contributed by atoms with Gasteiger partial charge in [-0.2, -0.15) is 4.31 Å². The maximum absolute atomic E-state index is 13.2. The Morgan fingerprint density at radius 1 is 1.09 bits per heavy atom. The van der Waals surface area contributed by atoms with Gasteiger partial charge in [0.1, 0.15) is 16.5 Å². The normalized spacial score (nSPS) is 17.9. The largest absolute Gasteiger partial charge is 0.495 e. The highest BCUT2D eigenvalue weighted by atomic mass is 32.2. The number of amides is 1. The van der Waals surface area contributed by atoms with E-state index in [-0.39, 0.29) is 23.0 Å². The van der Waals surface area contributed by atoms with E-state index in [0.717, 1.165) is 5.82 Å². The SMILES string of the molecule is COc1ccc(CC(=O)N2CCN(c3cnccn3)CC2)cc1S(=O)(=O)N1CCOCC1. The molecule has 1 aromatic carbocycles. The molecule has 0 N–H and O–H groups in total. The molecule has 0 bridgehead atoms. The number of ether oxygens (including phenoxy) is 2. The van der Waals surface area contributed by atoms with Gasteiger partial charge in [0, 0.05) is 51.7 Å². The van der Waals surface area contributed by atoms with Crippen molar-refractivity contribution in [1.29, 1.82) is 0 Å². The lowest BCUT2D eigenvalue weighted by atomic mass is 10.1. The molecule has 2 fully saturated rings. The van der Waals surface area contributed by atoms with Crippen molar-refractivity contribution in [1.82, 2.24) is 19.2 Å². The molecule has 0 saturated carbocycles. The van der Waals surface area contributed by atoms with Crippen molar-refractivity contribution in [3.63, 3.8) is 0 Å². The molecular formula is C21H27N5O5S. The van der Waals surface area contributed by atoms with Crippen LogP contribution in [0, 0.1) is 0 Å². The number of morpholine rings is 1. The molecule has 2 aliphatic heterocycles. The molecule has 0 atom stereocenters. The van der Waals surface area contributed by atoms with Crippen molar-refractivity contribution in [3.05, 3.63) is 42.4 Å². The molecule has 32 heavy (non-hydrogen) atoms. The maximum Gasteiger partial charge on any atom is 0.246 e. The summed E-state index contributed by atoms with van der Waals surface area (Å²) in [6.45, 7) is 3.80. The summed E-state index contributed by atoms with van der Waals surface area (Å²) in [4.78, 5) is 25.3. The van der Waals surface area contributed by atoms with Crippen molar-refractivity contribution in [2.45, 2.75) is 11.3 Å². The van der Waals surface area contributed by atoms with Crippen LogP contribution in [-0.4, -0.2) is 93.1 Å². The summed E-state index contributed by atoms with van der Waals surface area (Å²) in [5, 5.41) is 0. The Morgan fingerprint density at radius 2 is 1.84 bits per heavy atom. The van der Waals surface area contributed by atoms with Crippen LogP contribution >= 0.6 is 0 Å². The number of methoxy groups -OCH3 is 1. The van der Waals surface area contributed by atoms with E-state index >= 15 is 0 Å². The van der Waals surface area contributed by atoms with E-state index in [1.807, 2.05) is 0 Å². The van der Waals surface area contributed by atoms with Crippen LogP contribution in [0.5, 0.6) is 5.75 Å². The molecule has 172 valence electrons. The number of piperazine rings is 1. The highest BCUT2D eigenvalue weighted by Crippen LogP contribution is 2.29. The molecule has 11 heteroatoms. The highest BCUT2D eigenvalue weighted by molar-refractivity contribution is 7.89. The van der Waals surface area contributed by atoms with E-state index < -0.39 is 10.0 Å². The Balaban J connectivity index is 1.44. The second-order valence-corrected chi connectivity index (χ2v) is 9.52. The lowest BCUT2D eigenvalue weighted by molar-refractivity contribution is -0.130. The van der Waals surface area contributed by atoms with E-state index in [0.29, 0.717) is 58.0 Å². The number of carbonyl (C=O) groups excluding carboxylic acids is 1. The molecule has 1 aromatic heterocycles. The smallest absolute Gasteiger partial charge is 0.246 e. The number of benzene rings is 1. The van der Waals surface area contributed by atoms with Gasteiger partial charge >= 0.3 is 0 Å². The predicted molar refractivity (Wildman–Crippen MR) is 117 cm³/mol. The molecule has 0 aliphatic carbocycles. The van der Waals surface area contributed by atoms with Gasteiger partial charge in [0.15, 0.2) is 0 Å². The van der Waals surface area contributed by atoms with Gasteiger partial charge in [-0.3, -0.25) is 9.78 Å². The first kappa shape index (κ1) is 22.4. The number of carbonyl (C=O) groups is 1. The quantitative estimate of drug-likeness (QED) is 0.609. The first-order valence-corrected chi connectivity index (χ1v) is 12.0. The van der Waals surface area contributed by atoms with E-state index in [1.54, 1.807) is 41.7 Å². The summed E-state index contributed by atoms with van der Waals surface area (Å²) < 4.78 is 38.3. The topological polar surface area (TPSA) is 105 Å². The van der Waals surface area contributed by atoms with Crippen LogP contribution in [0.4, 0.5) is 5.82 Å². The molecule has 10 nitrogen and oxygen atoms in total. The molecule has 2 saturated heterocycles. The fourth-order valence-electron chi connectivity index (χ4n) is 3.88. The molecule has 4 rings (SSSR count). The molecule has 0 radical (unpaired) electrons. The van der Waals surface area contributed by atoms with Crippen LogP contribution in [0.1, 0.15) is 5.56 Å². The van der Waals surface area contributed by atoms with E-state index in [9.17, 15) is 13.2 Å². The fraction of sp³-hybridized carbons (Fsp3) is 0.476. The first-order chi connectivity index (χ1) is 15.5. The standard InChI is InChI=1S/C21H27N5O5S/c1-30-18-3-2-17(14-19(18)32(28,29)26-10-12-31-13-11-26)15-21(27)25-8-6-24(7-9-25)20-16-22-4-5-23-20/h2-5,14,16H,6-13,15H2,1H3. The fourth-order valence-corrected chi connectivity index (χ4v) is 5.50. The van der Waals surface area contributed by atoms with Crippen LogP contribution in [-0.2, 0) is 26.0 Å². The van der Waals surface area contributed by atoms with E-state index in [4.69, 9.17) is 9.47 Å². The Bertz CT molecular complexity index is 1040. The third-order valence-corrected chi connectivity index (χ3v) is 7.60.